The van der Waals surface area contributed by atoms with Crippen molar-refractivity contribution in [3.05, 3.63) is 99.7 Å². The van der Waals surface area contributed by atoms with Crippen LogP contribution in [0.4, 0.5) is 4.39 Å². The van der Waals surface area contributed by atoms with E-state index in [0.717, 1.165) is 22.5 Å². The van der Waals surface area contributed by atoms with E-state index in [9.17, 15) is 14.3 Å². The fourth-order valence-corrected chi connectivity index (χ4v) is 3.53. The number of methoxy groups -OCH3 is 1. The second-order valence-corrected chi connectivity index (χ2v) is 7.61. The molecule has 0 amide bonds. The summed E-state index contributed by atoms with van der Waals surface area (Å²) < 4.78 is 21.9. The molecular formula is C25H23FN4O3. The van der Waals surface area contributed by atoms with Crippen molar-refractivity contribution >= 4 is 12.2 Å². The number of rotatable bonds is 6. The normalized spacial score (nSPS) is 12.2. The van der Waals surface area contributed by atoms with Crippen molar-refractivity contribution in [3.8, 4) is 17.2 Å². The third kappa shape index (κ3) is 4.55. The molecule has 7 nitrogen and oxygen atoms in total. The number of halogens is 1. The van der Waals surface area contributed by atoms with Gasteiger partial charge in [-0.15, -0.1) is 0 Å². The van der Waals surface area contributed by atoms with E-state index in [1.807, 2.05) is 35.9 Å². The Kier molecular flexibility index (Phi) is 6.08. The smallest absolute Gasteiger partial charge is 0.278 e. The Labute approximate surface area is 190 Å². The molecule has 2 aromatic carbocycles. The van der Waals surface area contributed by atoms with E-state index in [-0.39, 0.29) is 17.1 Å². The molecule has 2 aromatic heterocycles. The number of aromatic nitrogens is 4. The average Bonchev–Trinajstić information content (AvgIpc) is 3.25. The second-order valence-electron chi connectivity index (χ2n) is 7.61. The standard InChI is InChI=1S/C25H23FN4O3/c1-16-14-29(15-27-16)22-11-5-18(12-24(22)33-3)4-10-21-23(31)13-28-30(25(21)32)17(2)19-6-8-20(26)9-7-19/h4-15,17,31H,1-3H3/b10-4+. The molecule has 0 bridgehead atoms. The fourth-order valence-electron chi connectivity index (χ4n) is 3.53. The summed E-state index contributed by atoms with van der Waals surface area (Å²) in [4.78, 5) is 17.3. The van der Waals surface area contributed by atoms with Gasteiger partial charge < -0.3 is 14.4 Å². The number of ether oxygens (including phenoxy) is 1. The number of benzene rings is 2. The molecule has 0 aliphatic heterocycles. The largest absolute Gasteiger partial charge is 0.505 e. The molecule has 8 heteroatoms. The summed E-state index contributed by atoms with van der Waals surface area (Å²) in [6.07, 6.45) is 8.10. The molecule has 0 aliphatic carbocycles. The zero-order valence-electron chi connectivity index (χ0n) is 18.4. The predicted octanol–water partition coefficient (Wildman–Crippen LogP) is 4.37. The second kappa shape index (κ2) is 9.12. The van der Waals surface area contributed by atoms with Crippen LogP contribution >= 0.6 is 0 Å². The van der Waals surface area contributed by atoms with Crippen molar-refractivity contribution in [2.75, 3.05) is 7.11 Å². The van der Waals surface area contributed by atoms with Crippen molar-refractivity contribution in [3.63, 3.8) is 0 Å². The summed E-state index contributed by atoms with van der Waals surface area (Å²) >= 11 is 0. The zero-order chi connectivity index (χ0) is 23.5. The van der Waals surface area contributed by atoms with Gasteiger partial charge in [-0.2, -0.15) is 5.10 Å². The van der Waals surface area contributed by atoms with Crippen LogP contribution in [0.3, 0.4) is 0 Å². The highest BCUT2D eigenvalue weighted by Gasteiger charge is 2.15. The molecule has 4 aromatic rings. The van der Waals surface area contributed by atoms with E-state index >= 15 is 0 Å². The Hall–Kier alpha value is -4.20. The molecule has 0 saturated carbocycles. The molecule has 0 spiro atoms. The number of aryl methyl sites for hydroxylation is 1. The third-order valence-corrected chi connectivity index (χ3v) is 5.37. The first kappa shape index (κ1) is 22.0. The van der Waals surface area contributed by atoms with Gasteiger partial charge >= 0.3 is 0 Å². The average molecular weight is 446 g/mol. The van der Waals surface area contributed by atoms with Gasteiger partial charge in [-0.05, 0) is 55.3 Å². The van der Waals surface area contributed by atoms with Crippen molar-refractivity contribution in [1.82, 2.24) is 19.3 Å². The molecular weight excluding hydrogens is 423 g/mol. The Morgan fingerprint density at radius 1 is 1.15 bits per heavy atom. The summed E-state index contributed by atoms with van der Waals surface area (Å²) in [5.74, 6) is 0.0531. The Morgan fingerprint density at radius 3 is 2.58 bits per heavy atom. The lowest BCUT2D eigenvalue weighted by atomic mass is 10.1. The molecule has 4 rings (SSSR count). The Bertz CT molecular complexity index is 1370. The van der Waals surface area contributed by atoms with Crippen LogP contribution in [0.1, 0.15) is 35.3 Å². The quantitative estimate of drug-likeness (QED) is 0.476. The van der Waals surface area contributed by atoms with E-state index < -0.39 is 11.6 Å². The van der Waals surface area contributed by atoms with E-state index in [4.69, 9.17) is 4.74 Å². The van der Waals surface area contributed by atoms with Gasteiger partial charge in [0.25, 0.3) is 5.56 Å². The van der Waals surface area contributed by atoms with Gasteiger partial charge in [0.1, 0.15) is 17.3 Å². The summed E-state index contributed by atoms with van der Waals surface area (Å²) in [7, 11) is 1.58. The molecule has 1 atom stereocenters. The lowest BCUT2D eigenvalue weighted by Crippen LogP contribution is -2.28. The van der Waals surface area contributed by atoms with Gasteiger partial charge in [-0.1, -0.05) is 24.3 Å². The topological polar surface area (TPSA) is 82.2 Å². The van der Waals surface area contributed by atoms with Gasteiger partial charge in [-0.3, -0.25) is 4.79 Å². The highest BCUT2D eigenvalue weighted by Crippen LogP contribution is 2.26. The van der Waals surface area contributed by atoms with Crippen LogP contribution in [0.2, 0.25) is 0 Å². The minimum atomic E-state index is -0.458. The van der Waals surface area contributed by atoms with Gasteiger partial charge in [-0.25, -0.2) is 14.1 Å². The number of imidazole rings is 1. The van der Waals surface area contributed by atoms with E-state index in [0.29, 0.717) is 5.75 Å². The first-order chi connectivity index (χ1) is 15.9. The van der Waals surface area contributed by atoms with Crippen molar-refractivity contribution < 1.29 is 14.2 Å². The molecule has 168 valence electrons. The van der Waals surface area contributed by atoms with Crippen molar-refractivity contribution in [1.29, 1.82) is 0 Å². The highest BCUT2D eigenvalue weighted by atomic mass is 19.1. The molecule has 2 heterocycles. The number of nitrogens with zero attached hydrogens (tertiary/aromatic N) is 4. The van der Waals surface area contributed by atoms with E-state index in [2.05, 4.69) is 10.1 Å². The number of aromatic hydroxyl groups is 1. The SMILES string of the molecule is COc1cc(/C=C/c2c(O)cnn(C(C)c3ccc(F)cc3)c2=O)ccc1-n1cnc(C)c1. The first-order valence-electron chi connectivity index (χ1n) is 10.3. The number of hydrogen-bond donors (Lipinski definition) is 1. The minimum Gasteiger partial charge on any atom is -0.505 e. The van der Waals surface area contributed by atoms with Gasteiger partial charge in [0.05, 0.1) is 42.6 Å². The number of hydrogen-bond acceptors (Lipinski definition) is 5. The van der Waals surface area contributed by atoms with Crippen LogP contribution in [0.5, 0.6) is 11.5 Å². The summed E-state index contributed by atoms with van der Waals surface area (Å²) in [6, 6.07) is 11.0. The summed E-state index contributed by atoms with van der Waals surface area (Å²) in [6.45, 7) is 3.69. The van der Waals surface area contributed by atoms with Gasteiger partial charge in [0.2, 0.25) is 0 Å². The maximum atomic E-state index is 13.2. The first-order valence-corrected chi connectivity index (χ1v) is 10.3. The monoisotopic (exact) mass is 446 g/mol. The molecule has 0 aliphatic rings. The molecule has 0 fully saturated rings. The summed E-state index contributed by atoms with van der Waals surface area (Å²) in [5.41, 5.74) is 2.87. The maximum Gasteiger partial charge on any atom is 0.278 e. The van der Waals surface area contributed by atoms with E-state index in [1.165, 1.54) is 23.0 Å². The minimum absolute atomic E-state index is 0.104. The lowest BCUT2D eigenvalue weighted by Gasteiger charge is -2.15. The molecule has 0 saturated heterocycles. The molecule has 33 heavy (non-hydrogen) atoms. The maximum absolute atomic E-state index is 13.2. The lowest BCUT2D eigenvalue weighted by molar-refractivity contribution is 0.413. The van der Waals surface area contributed by atoms with E-state index in [1.54, 1.807) is 44.6 Å². The molecule has 1 unspecified atom stereocenters. The third-order valence-electron chi connectivity index (χ3n) is 5.37. The van der Waals surface area contributed by atoms with Crippen molar-refractivity contribution in [2.24, 2.45) is 0 Å². The highest BCUT2D eigenvalue weighted by molar-refractivity contribution is 5.73. The zero-order valence-corrected chi connectivity index (χ0v) is 18.4. The van der Waals surface area contributed by atoms with Crippen LogP contribution in [0.25, 0.3) is 17.8 Å². The van der Waals surface area contributed by atoms with Crippen molar-refractivity contribution in [2.45, 2.75) is 19.9 Å². The van der Waals surface area contributed by atoms with Crippen LogP contribution in [-0.4, -0.2) is 31.5 Å². The Morgan fingerprint density at radius 2 is 1.91 bits per heavy atom. The van der Waals surface area contributed by atoms with Gasteiger partial charge in [0.15, 0.2) is 0 Å². The molecule has 0 radical (unpaired) electrons. The van der Waals surface area contributed by atoms with Crippen LogP contribution in [0, 0.1) is 12.7 Å². The van der Waals surface area contributed by atoms with Crippen LogP contribution < -0.4 is 10.3 Å². The van der Waals surface area contributed by atoms with Crippen LogP contribution in [-0.2, 0) is 0 Å². The van der Waals surface area contributed by atoms with Crippen LogP contribution in [0.15, 0.2) is 66.0 Å². The van der Waals surface area contributed by atoms with Gasteiger partial charge in [0, 0.05) is 6.20 Å². The molecule has 1 N–H and O–H groups in total. The fraction of sp³-hybridized carbons (Fsp3) is 0.160. The predicted molar refractivity (Wildman–Crippen MR) is 124 cm³/mol. The summed E-state index contributed by atoms with van der Waals surface area (Å²) in [5, 5.41) is 14.3. The Balaban J connectivity index is 1.66.